The maximum absolute atomic E-state index is 5.88. The maximum Gasteiger partial charge on any atom is 0.185 e. The topological polar surface area (TPSA) is 62.8 Å². The largest absolute Gasteiger partial charge is 0.379 e. The van der Waals surface area contributed by atoms with E-state index in [0.29, 0.717) is 17.9 Å². The van der Waals surface area contributed by atoms with Crippen LogP contribution in [-0.4, -0.2) is 73.5 Å². The monoisotopic (exact) mass is 429 g/mol. The summed E-state index contributed by atoms with van der Waals surface area (Å²) in [5.41, 5.74) is 0. The lowest BCUT2D eigenvalue weighted by Gasteiger charge is -2.37. The molecule has 0 radical (unpaired) electrons. The number of hydrogen-bond donors (Lipinski definition) is 1. The molecule has 0 aromatic carbocycles. The van der Waals surface area contributed by atoms with E-state index < -0.39 is 0 Å². The highest BCUT2D eigenvalue weighted by Gasteiger charge is 2.42. The third kappa shape index (κ3) is 4.46. The molecule has 0 spiro atoms. The quantitative estimate of drug-likeness (QED) is 0.757. The van der Waals surface area contributed by atoms with E-state index in [1.165, 1.54) is 4.88 Å². The van der Waals surface area contributed by atoms with E-state index in [-0.39, 0.29) is 6.10 Å². The van der Waals surface area contributed by atoms with E-state index in [2.05, 4.69) is 31.3 Å². The summed E-state index contributed by atoms with van der Waals surface area (Å²) in [6.07, 6.45) is 6.40. The summed E-state index contributed by atoms with van der Waals surface area (Å²) >= 11 is 1.84. The van der Waals surface area contributed by atoms with Gasteiger partial charge in [-0.15, -0.1) is 11.3 Å². The summed E-state index contributed by atoms with van der Waals surface area (Å²) in [6.45, 7) is 6.83. The SMILES string of the molecule is CO[C@@H]1C[C@H]2CN(Cc3cnc(N4CCOCC4)s3)C[C@H]2C[C@H]1Nc1ccccn1. The summed E-state index contributed by atoms with van der Waals surface area (Å²) in [5.74, 6) is 2.37. The predicted octanol–water partition coefficient (Wildman–Crippen LogP) is 2.71. The number of aromatic nitrogens is 2. The van der Waals surface area contributed by atoms with Crippen molar-refractivity contribution in [2.45, 2.75) is 31.5 Å². The van der Waals surface area contributed by atoms with Gasteiger partial charge < -0.3 is 19.7 Å². The van der Waals surface area contributed by atoms with Gasteiger partial charge in [0, 0.05) is 57.1 Å². The highest BCUT2D eigenvalue weighted by Crippen LogP contribution is 2.39. The van der Waals surface area contributed by atoms with Crippen molar-refractivity contribution < 1.29 is 9.47 Å². The van der Waals surface area contributed by atoms with Gasteiger partial charge in [-0.1, -0.05) is 6.07 Å². The van der Waals surface area contributed by atoms with E-state index in [0.717, 1.165) is 69.7 Å². The van der Waals surface area contributed by atoms with Crippen molar-refractivity contribution in [2.75, 3.05) is 56.7 Å². The number of morpholine rings is 1. The van der Waals surface area contributed by atoms with Gasteiger partial charge in [-0.05, 0) is 36.8 Å². The number of hydrogen-bond acceptors (Lipinski definition) is 8. The molecule has 1 aliphatic carbocycles. The number of pyridine rings is 1. The van der Waals surface area contributed by atoms with Gasteiger partial charge in [0.1, 0.15) is 5.82 Å². The van der Waals surface area contributed by atoms with Gasteiger partial charge in [0.25, 0.3) is 0 Å². The number of nitrogens with one attached hydrogen (secondary N) is 1. The number of fused-ring (bicyclic) bond motifs is 1. The molecule has 5 rings (SSSR count). The van der Waals surface area contributed by atoms with Crippen molar-refractivity contribution in [1.82, 2.24) is 14.9 Å². The van der Waals surface area contributed by atoms with Crippen LogP contribution in [0.4, 0.5) is 10.9 Å². The molecule has 30 heavy (non-hydrogen) atoms. The van der Waals surface area contributed by atoms with Crippen molar-refractivity contribution in [2.24, 2.45) is 11.8 Å². The molecule has 7 nitrogen and oxygen atoms in total. The van der Waals surface area contributed by atoms with Crippen LogP contribution in [0.5, 0.6) is 0 Å². The highest BCUT2D eigenvalue weighted by atomic mass is 32.1. The van der Waals surface area contributed by atoms with Crippen LogP contribution in [0.15, 0.2) is 30.6 Å². The Labute approximate surface area is 182 Å². The van der Waals surface area contributed by atoms with Crippen molar-refractivity contribution in [1.29, 1.82) is 0 Å². The zero-order chi connectivity index (χ0) is 20.3. The molecule has 162 valence electrons. The van der Waals surface area contributed by atoms with Crippen LogP contribution in [0.3, 0.4) is 0 Å². The number of anilines is 2. The van der Waals surface area contributed by atoms with Gasteiger partial charge in [0.05, 0.1) is 25.4 Å². The molecular formula is C22H31N5O2S. The Morgan fingerprint density at radius 2 is 2.00 bits per heavy atom. The van der Waals surface area contributed by atoms with Crippen LogP contribution in [0.1, 0.15) is 17.7 Å². The summed E-state index contributed by atoms with van der Waals surface area (Å²) in [4.78, 5) is 15.4. The summed E-state index contributed by atoms with van der Waals surface area (Å²) < 4.78 is 11.3. The first-order chi connectivity index (χ1) is 14.8. The first-order valence-corrected chi connectivity index (χ1v) is 11.8. The fourth-order valence-electron chi connectivity index (χ4n) is 5.18. The second kappa shape index (κ2) is 9.18. The lowest BCUT2D eigenvalue weighted by Crippen LogP contribution is -2.44. The molecule has 2 saturated heterocycles. The number of ether oxygens (including phenoxy) is 2. The number of nitrogens with zero attached hydrogens (tertiary/aromatic N) is 4. The van der Waals surface area contributed by atoms with E-state index >= 15 is 0 Å². The van der Waals surface area contributed by atoms with E-state index in [1.807, 2.05) is 42.8 Å². The number of likely N-dealkylation sites (tertiary alicyclic amines) is 1. The first-order valence-electron chi connectivity index (χ1n) is 11.0. The van der Waals surface area contributed by atoms with Crippen LogP contribution < -0.4 is 10.2 Å². The molecule has 1 saturated carbocycles. The third-order valence-corrected chi connectivity index (χ3v) is 7.74. The van der Waals surface area contributed by atoms with Gasteiger partial charge in [-0.2, -0.15) is 0 Å². The van der Waals surface area contributed by atoms with E-state index in [1.54, 1.807) is 0 Å². The Balaban J connectivity index is 1.19. The Morgan fingerprint density at radius 3 is 2.77 bits per heavy atom. The predicted molar refractivity (Wildman–Crippen MR) is 119 cm³/mol. The van der Waals surface area contributed by atoms with Gasteiger partial charge in [0.15, 0.2) is 5.13 Å². The molecule has 2 aromatic rings. The molecule has 3 aliphatic rings. The van der Waals surface area contributed by atoms with Crippen LogP contribution >= 0.6 is 11.3 Å². The highest BCUT2D eigenvalue weighted by molar-refractivity contribution is 7.15. The molecule has 2 aromatic heterocycles. The Morgan fingerprint density at radius 1 is 1.17 bits per heavy atom. The van der Waals surface area contributed by atoms with Crippen molar-refractivity contribution in [3.8, 4) is 0 Å². The molecule has 0 bridgehead atoms. The molecule has 2 aliphatic heterocycles. The lowest BCUT2D eigenvalue weighted by atomic mass is 9.77. The molecular weight excluding hydrogens is 398 g/mol. The second-order valence-electron chi connectivity index (χ2n) is 8.63. The smallest absolute Gasteiger partial charge is 0.185 e. The van der Waals surface area contributed by atoms with Crippen LogP contribution in [-0.2, 0) is 16.0 Å². The van der Waals surface area contributed by atoms with Crippen molar-refractivity contribution in [3.63, 3.8) is 0 Å². The van der Waals surface area contributed by atoms with Gasteiger partial charge in [-0.25, -0.2) is 9.97 Å². The average molecular weight is 430 g/mol. The molecule has 4 atom stereocenters. The molecule has 1 N–H and O–H groups in total. The normalized spacial score (nSPS) is 29.7. The summed E-state index contributed by atoms with van der Waals surface area (Å²) in [6, 6.07) is 6.34. The molecule has 0 unspecified atom stereocenters. The molecule has 8 heteroatoms. The third-order valence-electron chi connectivity index (χ3n) is 6.70. The first kappa shape index (κ1) is 20.2. The maximum atomic E-state index is 5.88. The zero-order valence-corrected chi connectivity index (χ0v) is 18.4. The fourth-order valence-corrected chi connectivity index (χ4v) is 6.19. The van der Waals surface area contributed by atoms with E-state index in [4.69, 9.17) is 9.47 Å². The van der Waals surface area contributed by atoms with Gasteiger partial charge in [-0.3, -0.25) is 4.90 Å². The minimum atomic E-state index is 0.240. The second-order valence-corrected chi connectivity index (χ2v) is 9.73. The van der Waals surface area contributed by atoms with E-state index in [9.17, 15) is 0 Å². The molecule has 3 fully saturated rings. The van der Waals surface area contributed by atoms with Gasteiger partial charge >= 0.3 is 0 Å². The van der Waals surface area contributed by atoms with Gasteiger partial charge in [0.2, 0.25) is 0 Å². The van der Waals surface area contributed by atoms with Crippen molar-refractivity contribution in [3.05, 3.63) is 35.5 Å². The van der Waals surface area contributed by atoms with Crippen LogP contribution in [0.2, 0.25) is 0 Å². The summed E-state index contributed by atoms with van der Waals surface area (Å²) in [5, 5.41) is 4.76. The number of methoxy groups -OCH3 is 1. The zero-order valence-electron chi connectivity index (χ0n) is 17.6. The fraction of sp³-hybridized carbons (Fsp3) is 0.636. The Hall–Kier alpha value is -1.74. The number of rotatable bonds is 6. The molecule has 0 amide bonds. The van der Waals surface area contributed by atoms with Crippen molar-refractivity contribution >= 4 is 22.3 Å². The minimum absolute atomic E-state index is 0.240. The molecule has 4 heterocycles. The Bertz CT molecular complexity index is 813. The lowest BCUT2D eigenvalue weighted by molar-refractivity contribution is 0.0304. The van der Waals surface area contributed by atoms with Crippen LogP contribution in [0, 0.1) is 11.8 Å². The minimum Gasteiger partial charge on any atom is -0.379 e. The number of thiazole rings is 1. The summed E-state index contributed by atoms with van der Waals surface area (Å²) in [7, 11) is 1.84. The van der Waals surface area contributed by atoms with Crippen LogP contribution in [0.25, 0.3) is 0 Å². The standard InChI is InChI=1S/C22H31N5O2S/c1-28-20-11-17-14-26(13-16(17)10-19(20)25-21-4-2-3-5-23-21)15-18-12-24-22(30-18)27-6-8-29-9-7-27/h2-5,12,16-17,19-20H,6-11,13-15H2,1H3,(H,23,25)/t16-,17+,19-,20-/m1/s1. The Kier molecular flexibility index (Phi) is 6.17. The average Bonchev–Trinajstić information content (AvgIpc) is 3.41.